The second kappa shape index (κ2) is 11.1. The molecule has 3 rings (SSSR count). The Morgan fingerprint density at radius 1 is 1.38 bits per heavy atom. The van der Waals surface area contributed by atoms with Crippen LogP contribution in [0.5, 0.6) is 0 Å². The Kier molecular flexibility index (Phi) is 8.48. The lowest BCUT2D eigenvalue weighted by atomic mass is 9.92. The first-order valence-corrected chi connectivity index (χ1v) is 9.94. The van der Waals surface area contributed by atoms with Gasteiger partial charge < -0.3 is 30.1 Å². The molecule has 1 aliphatic heterocycles. The summed E-state index contributed by atoms with van der Waals surface area (Å²) in [6.07, 6.45) is 1.73. The van der Waals surface area contributed by atoms with E-state index in [1.165, 1.54) is 0 Å². The van der Waals surface area contributed by atoms with Gasteiger partial charge in [-0.15, -0.1) is 0 Å². The number of rotatable bonds is 6. The Balaban J connectivity index is 0.000000344. The fraction of sp³-hybridized carbons (Fsp3) is 0.500. The average Bonchev–Trinajstić information content (AvgIpc) is 3.22. The number of nitriles is 1. The number of anilines is 1. The Bertz CT molecular complexity index is 1000. The largest absolute Gasteiger partial charge is 0.481 e. The molecule has 0 bridgehead atoms. The lowest BCUT2D eigenvalue weighted by Crippen LogP contribution is -2.52. The highest BCUT2D eigenvalue weighted by molar-refractivity contribution is 5.87. The van der Waals surface area contributed by atoms with Gasteiger partial charge in [0.1, 0.15) is 24.2 Å². The van der Waals surface area contributed by atoms with Crippen molar-refractivity contribution in [3.63, 3.8) is 0 Å². The van der Waals surface area contributed by atoms with Crippen molar-refractivity contribution in [1.82, 2.24) is 19.9 Å². The second-order valence-corrected chi connectivity index (χ2v) is 7.51. The fourth-order valence-electron chi connectivity index (χ4n) is 3.51. The van der Waals surface area contributed by atoms with E-state index in [-0.39, 0.29) is 18.4 Å². The maximum atomic E-state index is 12.0. The van der Waals surface area contributed by atoms with Gasteiger partial charge in [-0.25, -0.2) is 14.8 Å². The maximum absolute atomic E-state index is 12.0. The third kappa shape index (κ3) is 6.14. The second-order valence-electron chi connectivity index (χ2n) is 7.51. The third-order valence-electron chi connectivity index (χ3n) is 5.32. The van der Waals surface area contributed by atoms with Crippen LogP contribution in [-0.4, -0.2) is 85.3 Å². The fourth-order valence-corrected chi connectivity index (χ4v) is 3.51. The summed E-state index contributed by atoms with van der Waals surface area (Å²) in [4.78, 5) is 47.1. The summed E-state index contributed by atoms with van der Waals surface area (Å²) in [6, 6.07) is 4.07. The molecule has 2 aromatic rings. The highest BCUT2D eigenvalue weighted by Crippen LogP contribution is 2.28. The molecule has 1 aliphatic rings. The van der Waals surface area contributed by atoms with Gasteiger partial charge in [0, 0.05) is 26.3 Å². The number of likely N-dealkylation sites (N-methyl/N-ethyl adjacent to an activating group) is 1. The van der Waals surface area contributed by atoms with Crippen LogP contribution in [0.1, 0.15) is 26.2 Å². The van der Waals surface area contributed by atoms with E-state index in [0.29, 0.717) is 12.5 Å². The summed E-state index contributed by atoms with van der Waals surface area (Å²) in [7, 11) is 2.01. The quantitative estimate of drug-likeness (QED) is 0.486. The number of nitrogens with zero attached hydrogens (tertiary/aromatic N) is 5. The predicted molar refractivity (Wildman–Crippen MR) is 113 cm³/mol. The van der Waals surface area contributed by atoms with Crippen LogP contribution in [0.4, 0.5) is 5.82 Å². The van der Waals surface area contributed by atoms with Crippen molar-refractivity contribution in [2.45, 2.75) is 38.3 Å². The van der Waals surface area contributed by atoms with Gasteiger partial charge in [-0.1, -0.05) is 6.92 Å². The van der Waals surface area contributed by atoms with Crippen molar-refractivity contribution < 1.29 is 29.7 Å². The van der Waals surface area contributed by atoms with E-state index < -0.39 is 24.5 Å². The van der Waals surface area contributed by atoms with Crippen LogP contribution in [0.3, 0.4) is 0 Å². The molecule has 1 fully saturated rings. The molecule has 1 amide bonds. The van der Waals surface area contributed by atoms with E-state index in [1.54, 1.807) is 11.2 Å². The van der Waals surface area contributed by atoms with Crippen molar-refractivity contribution in [3.8, 4) is 6.07 Å². The first kappa shape index (κ1) is 24.5. The average molecular weight is 446 g/mol. The number of aliphatic hydroxyl groups is 1. The van der Waals surface area contributed by atoms with Crippen LogP contribution in [0, 0.1) is 17.2 Å². The zero-order valence-electron chi connectivity index (χ0n) is 17.8. The van der Waals surface area contributed by atoms with Crippen LogP contribution in [0.2, 0.25) is 0 Å². The molecule has 4 N–H and O–H groups in total. The summed E-state index contributed by atoms with van der Waals surface area (Å²) in [5.74, 6) is -1.63. The van der Waals surface area contributed by atoms with Crippen LogP contribution in [0.15, 0.2) is 18.6 Å². The number of aliphatic carboxylic acids is 2. The van der Waals surface area contributed by atoms with Crippen molar-refractivity contribution in [2.24, 2.45) is 5.92 Å². The molecular weight excluding hydrogens is 420 g/mol. The molecular formula is C20H26N6O6. The highest BCUT2D eigenvalue weighted by atomic mass is 16.4. The van der Waals surface area contributed by atoms with E-state index in [1.807, 2.05) is 25.4 Å². The molecule has 2 aromatic heterocycles. The summed E-state index contributed by atoms with van der Waals surface area (Å²) >= 11 is 0. The first-order chi connectivity index (χ1) is 15.1. The first-order valence-electron chi connectivity index (χ1n) is 9.94. The molecule has 172 valence electrons. The lowest BCUT2D eigenvalue weighted by molar-refractivity contribution is -0.152. The molecule has 1 unspecified atom stereocenters. The van der Waals surface area contributed by atoms with Gasteiger partial charge in [0.15, 0.2) is 6.10 Å². The number of carbonyl (C=O) groups is 3. The maximum Gasteiger partial charge on any atom is 0.333 e. The minimum atomic E-state index is -1.79. The van der Waals surface area contributed by atoms with Crippen LogP contribution in [0.25, 0.3) is 11.0 Å². The number of carboxylic acids is 2. The monoisotopic (exact) mass is 446 g/mol. The molecule has 0 saturated carbocycles. The van der Waals surface area contributed by atoms with Crippen LogP contribution in [-0.2, 0) is 14.4 Å². The minimum absolute atomic E-state index is 0.0552. The Morgan fingerprint density at radius 2 is 2.09 bits per heavy atom. The zero-order chi connectivity index (χ0) is 23.8. The third-order valence-corrected chi connectivity index (χ3v) is 5.32. The van der Waals surface area contributed by atoms with E-state index in [0.717, 1.165) is 29.8 Å². The van der Waals surface area contributed by atoms with Crippen LogP contribution >= 0.6 is 0 Å². The standard InChI is InChI=1S/C16H20N6O.C4H6O5/c1-11-5-8-22(14(23)3-6-17)9-13(11)21(2)16-12-4-7-18-15(12)19-10-20-16;5-2(4(8)9)1-3(6)7/h4,7,10-11,13H,3,5,8-9H2,1-2H3,(H,18,19,20);2,5H,1H2,(H,6,7)(H,8,9)/t11-,13+;/m1./s1. The van der Waals surface area contributed by atoms with Gasteiger partial charge in [-0.2, -0.15) is 5.26 Å². The summed E-state index contributed by atoms with van der Waals surface area (Å²) in [5.41, 5.74) is 0.808. The lowest BCUT2D eigenvalue weighted by Gasteiger charge is -2.42. The van der Waals surface area contributed by atoms with Crippen LogP contribution < -0.4 is 4.90 Å². The van der Waals surface area contributed by atoms with E-state index in [2.05, 4.69) is 26.8 Å². The smallest absolute Gasteiger partial charge is 0.333 e. The molecule has 1 saturated heterocycles. The SMILES string of the molecule is C[C@@H]1CCN(C(=O)CC#N)C[C@@H]1N(C)c1ncnc2[nH]ccc12.O=C(O)CC(O)C(=O)O. The summed E-state index contributed by atoms with van der Waals surface area (Å²) < 4.78 is 0. The molecule has 32 heavy (non-hydrogen) atoms. The minimum Gasteiger partial charge on any atom is -0.481 e. The summed E-state index contributed by atoms with van der Waals surface area (Å²) in [6.45, 7) is 3.53. The number of H-pyrrole nitrogens is 1. The number of hydrogen-bond acceptors (Lipinski definition) is 8. The Morgan fingerprint density at radius 3 is 2.69 bits per heavy atom. The number of carbonyl (C=O) groups excluding carboxylic acids is 1. The highest BCUT2D eigenvalue weighted by Gasteiger charge is 2.32. The van der Waals surface area contributed by atoms with Crippen molar-refractivity contribution >= 4 is 34.7 Å². The number of amides is 1. The number of aromatic nitrogens is 3. The van der Waals surface area contributed by atoms with Gasteiger partial charge in [-0.3, -0.25) is 9.59 Å². The number of hydrogen-bond donors (Lipinski definition) is 4. The van der Waals surface area contributed by atoms with E-state index in [9.17, 15) is 14.4 Å². The number of likely N-dealkylation sites (tertiary alicyclic amines) is 1. The Hall–Kier alpha value is -3.72. The normalized spacial score (nSPS) is 18.8. The molecule has 0 aromatic carbocycles. The number of aliphatic hydroxyl groups excluding tert-OH is 1. The van der Waals surface area contributed by atoms with Gasteiger partial charge in [-0.05, 0) is 18.4 Å². The number of fused-ring (bicyclic) bond motifs is 1. The van der Waals surface area contributed by atoms with Gasteiger partial charge in [0.25, 0.3) is 0 Å². The number of piperidine rings is 1. The topological polar surface area (TPSA) is 184 Å². The number of nitrogens with one attached hydrogen (secondary N) is 1. The molecule has 0 spiro atoms. The van der Waals surface area contributed by atoms with Crippen molar-refractivity contribution in [1.29, 1.82) is 5.26 Å². The van der Waals surface area contributed by atoms with Crippen molar-refractivity contribution in [2.75, 3.05) is 25.0 Å². The van der Waals surface area contributed by atoms with E-state index in [4.69, 9.17) is 20.6 Å². The molecule has 0 aliphatic carbocycles. The Labute approximate surface area is 184 Å². The molecule has 3 atom stereocenters. The van der Waals surface area contributed by atoms with Gasteiger partial charge in [0.05, 0.1) is 23.9 Å². The molecule has 12 nitrogen and oxygen atoms in total. The molecule has 12 heteroatoms. The van der Waals surface area contributed by atoms with Gasteiger partial charge in [0.2, 0.25) is 5.91 Å². The molecule has 3 heterocycles. The zero-order valence-corrected chi connectivity index (χ0v) is 17.8. The predicted octanol–water partition coefficient (Wildman–Crippen LogP) is 0.451. The number of carboxylic acid groups (broad SMARTS) is 2. The van der Waals surface area contributed by atoms with Crippen molar-refractivity contribution in [3.05, 3.63) is 18.6 Å². The van der Waals surface area contributed by atoms with Gasteiger partial charge >= 0.3 is 11.9 Å². The number of aromatic amines is 1. The van der Waals surface area contributed by atoms with E-state index >= 15 is 0 Å². The summed E-state index contributed by atoms with van der Waals surface area (Å²) in [5, 5.41) is 33.9. The molecule has 0 radical (unpaired) electrons.